The Balaban J connectivity index is 2.20. The topological polar surface area (TPSA) is 64.9 Å². The molecule has 6 heteroatoms. The Morgan fingerprint density at radius 1 is 1.35 bits per heavy atom. The van der Waals surface area contributed by atoms with Gasteiger partial charge in [0.1, 0.15) is 5.75 Å². The highest BCUT2D eigenvalue weighted by Crippen LogP contribution is 2.18. The Kier molecular flexibility index (Phi) is 5.06. The van der Waals surface area contributed by atoms with Crippen molar-refractivity contribution in [3.8, 4) is 11.4 Å². The zero-order chi connectivity index (χ0) is 14.4. The van der Waals surface area contributed by atoms with Gasteiger partial charge in [0.15, 0.2) is 5.82 Å². The molecule has 1 aromatic heterocycles. The van der Waals surface area contributed by atoms with E-state index in [1.54, 1.807) is 4.68 Å². The third kappa shape index (κ3) is 3.54. The van der Waals surface area contributed by atoms with Crippen LogP contribution in [0.15, 0.2) is 24.3 Å². The van der Waals surface area contributed by atoms with Crippen molar-refractivity contribution in [1.82, 2.24) is 25.5 Å². The predicted molar refractivity (Wildman–Crippen MR) is 76.9 cm³/mol. The number of aromatic nitrogens is 4. The first-order chi connectivity index (χ1) is 9.74. The Morgan fingerprint density at radius 3 is 2.95 bits per heavy atom. The third-order valence-corrected chi connectivity index (χ3v) is 3.04. The first-order valence-electron chi connectivity index (χ1n) is 6.99. The molecule has 20 heavy (non-hydrogen) atoms. The van der Waals surface area contributed by atoms with Crippen LogP contribution in [0.2, 0.25) is 0 Å². The molecule has 1 heterocycles. The summed E-state index contributed by atoms with van der Waals surface area (Å²) in [6, 6.07) is 7.82. The van der Waals surface area contributed by atoms with Crippen molar-refractivity contribution in [3.63, 3.8) is 0 Å². The maximum Gasteiger partial charge on any atom is 0.170 e. The van der Waals surface area contributed by atoms with Crippen molar-refractivity contribution in [2.45, 2.75) is 39.8 Å². The lowest BCUT2D eigenvalue weighted by atomic mass is 10.2. The molecule has 0 spiro atoms. The van der Waals surface area contributed by atoms with Crippen molar-refractivity contribution in [3.05, 3.63) is 30.1 Å². The number of nitrogens with zero attached hydrogens (tertiary/aromatic N) is 4. The largest absolute Gasteiger partial charge is 0.491 e. The standard InChI is InChI=1S/C14H21N5O/c1-4-11(3)20-13-8-6-7-12(9-13)19-14(10-15-5-2)16-17-18-19/h6-9,11,15H,4-5,10H2,1-3H3. The average Bonchev–Trinajstić information content (AvgIpc) is 2.93. The van der Waals surface area contributed by atoms with Gasteiger partial charge in [-0.1, -0.05) is 19.9 Å². The molecule has 0 saturated heterocycles. The number of rotatable bonds is 7. The second-order valence-electron chi connectivity index (χ2n) is 4.62. The summed E-state index contributed by atoms with van der Waals surface area (Å²) in [4.78, 5) is 0. The summed E-state index contributed by atoms with van der Waals surface area (Å²) in [6.45, 7) is 7.73. The normalized spacial score (nSPS) is 12.3. The molecule has 1 atom stereocenters. The van der Waals surface area contributed by atoms with Crippen molar-refractivity contribution in [2.75, 3.05) is 6.54 Å². The van der Waals surface area contributed by atoms with Crippen molar-refractivity contribution >= 4 is 0 Å². The zero-order valence-corrected chi connectivity index (χ0v) is 12.2. The maximum atomic E-state index is 5.83. The summed E-state index contributed by atoms with van der Waals surface area (Å²) in [5.74, 6) is 1.62. The van der Waals surface area contributed by atoms with Gasteiger partial charge in [-0.3, -0.25) is 0 Å². The van der Waals surface area contributed by atoms with Gasteiger partial charge in [0.25, 0.3) is 0 Å². The Morgan fingerprint density at radius 2 is 2.20 bits per heavy atom. The fourth-order valence-corrected chi connectivity index (χ4v) is 1.76. The first-order valence-corrected chi connectivity index (χ1v) is 6.99. The van der Waals surface area contributed by atoms with Gasteiger partial charge in [0.05, 0.1) is 18.3 Å². The van der Waals surface area contributed by atoms with Gasteiger partial charge in [-0.2, -0.15) is 4.68 Å². The van der Waals surface area contributed by atoms with Crippen LogP contribution >= 0.6 is 0 Å². The zero-order valence-electron chi connectivity index (χ0n) is 12.2. The molecule has 1 N–H and O–H groups in total. The fraction of sp³-hybridized carbons (Fsp3) is 0.500. The van der Waals surface area contributed by atoms with Gasteiger partial charge in [-0.15, -0.1) is 5.10 Å². The highest BCUT2D eigenvalue weighted by atomic mass is 16.5. The van der Waals surface area contributed by atoms with Crippen LogP contribution in [0.25, 0.3) is 5.69 Å². The Labute approximate surface area is 119 Å². The van der Waals surface area contributed by atoms with E-state index in [9.17, 15) is 0 Å². The van der Waals surface area contributed by atoms with Crippen LogP contribution in [0.4, 0.5) is 0 Å². The van der Waals surface area contributed by atoms with E-state index in [1.165, 1.54) is 0 Å². The van der Waals surface area contributed by atoms with Crippen molar-refractivity contribution in [2.24, 2.45) is 0 Å². The van der Waals surface area contributed by atoms with E-state index >= 15 is 0 Å². The minimum Gasteiger partial charge on any atom is -0.491 e. The van der Waals surface area contributed by atoms with E-state index < -0.39 is 0 Å². The van der Waals surface area contributed by atoms with Crippen LogP contribution in [0, 0.1) is 0 Å². The lowest BCUT2D eigenvalue weighted by Crippen LogP contribution is -2.16. The maximum absolute atomic E-state index is 5.83. The van der Waals surface area contributed by atoms with Crippen LogP contribution in [0.5, 0.6) is 5.75 Å². The molecule has 0 radical (unpaired) electrons. The van der Waals surface area contributed by atoms with E-state index in [-0.39, 0.29) is 6.10 Å². The van der Waals surface area contributed by atoms with Crippen LogP contribution < -0.4 is 10.1 Å². The van der Waals surface area contributed by atoms with Gasteiger partial charge in [-0.05, 0) is 42.4 Å². The third-order valence-electron chi connectivity index (χ3n) is 3.04. The van der Waals surface area contributed by atoms with E-state index in [0.29, 0.717) is 6.54 Å². The molecule has 0 amide bonds. The van der Waals surface area contributed by atoms with Crippen molar-refractivity contribution < 1.29 is 4.74 Å². The minimum absolute atomic E-state index is 0.195. The van der Waals surface area contributed by atoms with Crippen LogP contribution in [0.1, 0.15) is 33.0 Å². The summed E-state index contributed by atoms with van der Waals surface area (Å²) in [5, 5.41) is 15.0. The molecule has 0 aliphatic heterocycles. The SMILES string of the molecule is CCNCc1nnnn1-c1cccc(OC(C)CC)c1. The van der Waals surface area contributed by atoms with E-state index in [4.69, 9.17) is 4.74 Å². The minimum atomic E-state index is 0.195. The molecule has 0 aliphatic rings. The smallest absolute Gasteiger partial charge is 0.170 e. The number of hydrogen-bond donors (Lipinski definition) is 1. The van der Waals surface area contributed by atoms with E-state index in [2.05, 4.69) is 41.6 Å². The molecular weight excluding hydrogens is 254 g/mol. The molecule has 0 fully saturated rings. The molecule has 0 bridgehead atoms. The first kappa shape index (κ1) is 14.5. The molecule has 108 valence electrons. The second kappa shape index (κ2) is 7.00. The van der Waals surface area contributed by atoms with Gasteiger partial charge >= 0.3 is 0 Å². The monoisotopic (exact) mass is 275 g/mol. The van der Waals surface area contributed by atoms with Gasteiger partial charge in [0.2, 0.25) is 0 Å². The van der Waals surface area contributed by atoms with Gasteiger partial charge in [-0.25, -0.2) is 0 Å². The predicted octanol–water partition coefficient (Wildman–Crippen LogP) is 1.95. The van der Waals surface area contributed by atoms with E-state index in [0.717, 1.165) is 30.2 Å². The van der Waals surface area contributed by atoms with Gasteiger partial charge in [0, 0.05) is 6.07 Å². The molecule has 6 nitrogen and oxygen atoms in total. The quantitative estimate of drug-likeness (QED) is 0.836. The Hall–Kier alpha value is -1.95. The highest BCUT2D eigenvalue weighted by Gasteiger charge is 2.09. The van der Waals surface area contributed by atoms with Crippen LogP contribution in [0.3, 0.4) is 0 Å². The molecule has 2 rings (SSSR count). The second-order valence-corrected chi connectivity index (χ2v) is 4.62. The Bertz CT molecular complexity index is 540. The molecule has 1 aromatic carbocycles. The number of hydrogen-bond acceptors (Lipinski definition) is 5. The summed E-state index contributed by atoms with van der Waals surface area (Å²) >= 11 is 0. The summed E-state index contributed by atoms with van der Waals surface area (Å²) in [7, 11) is 0. The lowest BCUT2D eigenvalue weighted by Gasteiger charge is -2.13. The number of ether oxygens (including phenoxy) is 1. The number of benzene rings is 1. The summed E-state index contributed by atoms with van der Waals surface area (Å²) in [5.41, 5.74) is 0.906. The van der Waals surface area contributed by atoms with Gasteiger partial charge < -0.3 is 10.1 Å². The molecular formula is C14H21N5O. The van der Waals surface area contributed by atoms with Crippen LogP contribution in [-0.2, 0) is 6.54 Å². The number of tetrazole rings is 1. The lowest BCUT2D eigenvalue weighted by molar-refractivity contribution is 0.217. The summed E-state index contributed by atoms with van der Waals surface area (Å²) in [6.07, 6.45) is 1.17. The molecule has 2 aromatic rings. The molecule has 1 unspecified atom stereocenters. The number of nitrogens with one attached hydrogen (secondary N) is 1. The van der Waals surface area contributed by atoms with Crippen molar-refractivity contribution in [1.29, 1.82) is 0 Å². The molecule has 0 saturated carbocycles. The highest BCUT2D eigenvalue weighted by molar-refractivity contribution is 5.38. The molecule has 0 aliphatic carbocycles. The van der Waals surface area contributed by atoms with Crippen LogP contribution in [-0.4, -0.2) is 32.9 Å². The summed E-state index contributed by atoms with van der Waals surface area (Å²) < 4.78 is 7.55. The fourth-order valence-electron chi connectivity index (χ4n) is 1.76. The van der Waals surface area contributed by atoms with E-state index in [1.807, 2.05) is 24.3 Å². The average molecular weight is 275 g/mol.